The molecule has 1 amide bonds. The third-order valence-corrected chi connectivity index (χ3v) is 6.90. The minimum atomic E-state index is -3.87. The van der Waals surface area contributed by atoms with Crippen LogP contribution in [-0.2, 0) is 10.0 Å². The molecule has 3 rings (SSSR count). The number of piperidine rings is 1. The Hall–Kier alpha value is -2.41. The zero-order chi connectivity index (χ0) is 20.5. The number of carbonyl (C=O) groups excluding carboxylic acids is 1. The zero-order valence-corrected chi connectivity index (χ0v) is 17.2. The zero-order valence-electron chi connectivity index (χ0n) is 16.4. The van der Waals surface area contributed by atoms with Gasteiger partial charge in [0.15, 0.2) is 0 Å². The van der Waals surface area contributed by atoms with Gasteiger partial charge in [-0.3, -0.25) is 9.10 Å². The van der Waals surface area contributed by atoms with Crippen LogP contribution in [-0.4, -0.2) is 39.4 Å². The second kappa shape index (κ2) is 7.54. The predicted octanol–water partition coefficient (Wildman–Crippen LogP) is 3.91. The monoisotopic (exact) mass is 404 g/mol. The fourth-order valence-electron chi connectivity index (χ4n) is 3.52. The van der Waals surface area contributed by atoms with Crippen molar-refractivity contribution in [2.75, 3.05) is 24.4 Å². The molecule has 1 aliphatic rings. The molecule has 0 unspecified atom stereocenters. The number of hydrogen-bond acceptors (Lipinski definition) is 3. The summed E-state index contributed by atoms with van der Waals surface area (Å²) < 4.78 is 40.2. The summed E-state index contributed by atoms with van der Waals surface area (Å²) >= 11 is 0. The van der Waals surface area contributed by atoms with Crippen LogP contribution in [0, 0.1) is 11.2 Å². The number of hydrogen-bond donors (Lipinski definition) is 0. The second-order valence-electron chi connectivity index (χ2n) is 7.97. The minimum Gasteiger partial charge on any atom is -0.338 e. The number of halogens is 1. The van der Waals surface area contributed by atoms with E-state index in [4.69, 9.17) is 0 Å². The predicted molar refractivity (Wildman–Crippen MR) is 107 cm³/mol. The highest BCUT2D eigenvalue weighted by Crippen LogP contribution is 2.30. The summed E-state index contributed by atoms with van der Waals surface area (Å²) in [5.41, 5.74) is 0.752. The highest BCUT2D eigenvalue weighted by Gasteiger charge is 2.30. The number of likely N-dealkylation sites (tertiary alicyclic amines) is 1. The lowest BCUT2D eigenvalue weighted by Crippen LogP contribution is -2.43. The topological polar surface area (TPSA) is 57.7 Å². The molecule has 0 atom stereocenters. The van der Waals surface area contributed by atoms with Crippen LogP contribution in [0.1, 0.15) is 37.0 Å². The van der Waals surface area contributed by atoms with Crippen molar-refractivity contribution < 1.29 is 17.6 Å². The molecule has 1 aliphatic heterocycles. The van der Waals surface area contributed by atoms with Crippen molar-refractivity contribution in [3.8, 4) is 0 Å². The van der Waals surface area contributed by atoms with E-state index in [1.54, 1.807) is 17.0 Å². The van der Waals surface area contributed by atoms with Crippen molar-refractivity contribution in [3.05, 3.63) is 59.9 Å². The molecule has 2 aromatic rings. The van der Waals surface area contributed by atoms with E-state index in [2.05, 4.69) is 13.8 Å². The Labute approximate surface area is 165 Å². The molecule has 0 saturated carbocycles. The third kappa shape index (κ3) is 4.19. The van der Waals surface area contributed by atoms with Crippen molar-refractivity contribution in [1.82, 2.24) is 4.90 Å². The van der Waals surface area contributed by atoms with Crippen LogP contribution in [0.4, 0.5) is 10.1 Å². The summed E-state index contributed by atoms with van der Waals surface area (Å²) in [4.78, 5) is 14.7. The third-order valence-electron chi connectivity index (χ3n) is 5.12. The summed E-state index contributed by atoms with van der Waals surface area (Å²) in [6.45, 7) is 5.59. The van der Waals surface area contributed by atoms with Gasteiger partial charge >= 0.3 is 0 Å². The number of sulfonamides is 1. The number of rotatable bonds is 4. The molecule has 7 heteroatoms. The van der Waals surface area contributed by atoms with Crippen LogP contribution in [0.25, 0.3) is 0 Å². The molecule has 0 aliphatic carbocycles. The number of anilines is 1. The summed E-state index contributed by atoms with van der Waals surface area (Å²) in [5.74, 6) is -0.596. The quantitative estimate of drug-likeness (QED) is 0.776. The Morgan fingerprint density at radius 1 is 1.14 bits per heavy atom. The van der Waals surface area contributed by atoms with Gasteiger partial charge in [-0.2, -0.15) is 0 Å². The molecule has 1 fully saturated rings. The molecule has 28 heavy (non-hydrogen) atoms. The lowest BCUT2D eigenvalue weighted by atomic mass is 9.84. The van der Waals surface area contributed by atoms with E-state index < -0.39 is 15.8 Å². The van der Waals surface area contributed by atoms with Gasteiger partial charge in [0.1, 0.15) is 5.82 Å². The maximum atomic E-state index is 13.1. The Bertz CT molecular complexity index is 971. The van der Waals surface area contributed by atoms with Gasteiger partial charge in [-0.1, -0.05) is 19.9 Å². The number of nitrogens with zero attached hydrogens (tertiary/aromatic N) is 2. The van der Waals surface area contributed by atoms with E-state index in [-0.39, 0.29) is 16.2 Å². The van der Waals surface area contributed by atoms with Gasteiger partial charge in [0.05, 0.1) is 10.6 Å². The molecule has 0 spiro atoms. The van der Waals surface area contributed by atoms with E-state index >= 15 is 0 Å². The molecule has 2 aromatic carbocycles. The van der Waals surface area contributed by atoms with Crippen molar-refractivity contribution in [3.63, 3.8) is 0 Å². The molecular formula is C21H25FN2O3S. The Kier molecular flexibility index (Phi) is 5.48. The van der Waals surface area contributed by atoms with Crippen molar-refractivity contribution in [1.29, 1.82) is 0 Å². The first-order valence-electron chi connectivity index (χ1n) is 9.24. The van der Waals surface area contributed by atoms with Gasteiger partial charge in [0, 0.05) is 25.7 Å². The summed E-state index contributed by atoms with van der Waals surface area (Å²) in [6, 6.07) is 11.3. The molecule has 5 nitrogen and oxygen atoms in total. The Balaban J connectivity index is 1.87. The largest absolute Gasteiger partial charge is 0.338 e. The molecule has 150 valence electrons. The SMILES string of the molecule is CN(c1ccc(F)cc1)S(=O)(=O)c1cccc(C(=O)N2CCCC(C)(C)C2)c1. The first kappa shape index (κ1) is 20.3. The number of amides is 1. The number of benzene rings is 2. The van der Waals surface area contributed by atoms with Crippen LogP contribution >= 0.6 is 0 Å². The van der Waals surface area contributed by atoms with Crippen molar-refractivity contribution in [2.24, 2.45) is 5.41 Å². The van der Waals surface area contributed by atoms with Crippen LogP contribution < -0.4 is 4.31 Å². The van der Waals surface area contributed by atoms with Crippen LogP contribution in [0.15, 0.2) is 53.4 Å². The van der Waals surface area contributed by atoms with E-state index in [1.807, 2.05) is 0 Å². The van der Waals surface area contributed by atoms with E-state index in [0.717, 1.165) is 17.1 Å². The second-order valence-corrected chi connectivity index (χ2v) is 9.94. The molecule has 1 heterocycles. The summed E-state index contributed by atoms with van der Waals surface area (Å²) in [6.07, 6.45) is 2.00. The number of carbonyl (C=O) groups is 1. The van der Waals surface area contributed by atoms with E-state index in [0.29, 0.717) is 24.3 Å². The van der Waals surface area contributed by atoms with Gasteiger partial charge in [-0.15, -0.1) is 0 Å². The first-order chi connectivity index (χ1) is 13.1. The molecule has 0 aromatic heterocycles. The smallest absolute Gasteiger partial charge is 0.264 e. The standard InChI is InChI=1S/C21H25FN2O3S/c1-21(2)12-5-13-24(15-21)20(25)16-6-4-7-19(14-16)28(26,27)23(3)18-10-8-17(22)9-11-18/h4,6-11,14H,5,12-13,15H2,1-3H3. The molecule has 0 N–H and O–H groups in total. The van der Waals surface area contributed by atoms with Crippen LogP contribution in [0.5, 0.6) is 0 Å². The van der Waals surface area contributed by atoms with Gasteiger partial charge in [-0.25, -0.2) is 12.8 Å². The lowest BCUT2D eigenvalue weighted by molar-refractivity contribution is 0.0583. The summed E-state index contributed by atoms with van der Waals surface area (Å²) in [5, 5.41) is 0. The highest BCUT2D eigenvalue weighted by atomic mass is 32.2. The molecule has 0 radical (unpaired) electrons. The first-order valence-corrected chi connectivity index (χ1v) is 10.7. The molecule has 0 bridgehead atoms. The average Bonchev–Trinajstić information content (AvgIpc) is 2.66. The van der Waals surface area contributed by atoms with Crippen LogP contribution in [0.2, 0.25) is 0 Å². The normalized spacial score (nSPS) is 16.6. The van der Waals surface area contributed by atoms with Crippen molar-refractivity contribution >= 4 is 21.6 Å². The Morgan fingerprint density at radius 2 is 1.82 bits per heavy atom. The van der Waals surface area contributed by atoms with Crippen LogP contribution in [0.3, 0.4) is 0 Å². The van der Waals surface area contributed by atoms with E-state index in [9.17, 15) is 17.6 Å². The minimum absolute atomic E-state index is 0.0291. The molecular weight excluding hydrogens is 379 g/mol. The van der Waals surface area contributed by atoms with E-state index in [1.165, 1.54) is 43.4 Å². The average molecular weight is 405 g/mol. The molecule has 1 saturated heterocycles. The van der Waals surface area contributed by atoms with Gasteiger partial charge in [0.25, 0.3) is 15.9 Å². The maximum Gasteiger partial charge on any atom is 0.264 e. The Morgan fingerprint density at radius 3 is 2.46 bits per heavy atom. The summed E-state index contributed by atoms with van der Waals surface area (Å²) in [7, 11) is -2.47. The van der Waals surface area contributed by atoms with Crippen molar-refractivity contribution in [2.45, 2.75) is 31.6 Å². The highest BCUT2D eigenvalue weighted by molar-refractivity contribution is 7.92. The maximum absolute atomic E-state index is 13.1. The van der Waals surface area contributed by atoms with Gasteiger partial charge in [0.2, 0.25) is 0 Å². The lowest BCUT2D eigenvalue weighted by Gasteiger charge is -2.38. The fourth-order valence-corrected chi connectivity index (χ4v) is 4.76. The van der Waals surface area contributed by atoms with Gasteiger partial charge < -0.3 is 4.90 Å². The fraction of sp³-hybridized carbons (Fsp3) is 0.381. The van der Waals surface area contributed by atoms with Gasteiger partial charge in [-0.05, 0) is 60.7 Å².